The number of rotatable bonds is 6. The molecule has 0 aromatic heterocycles. The van der Waals surface area contributed by atoms with Gasteiger partial charge in [-0.15, -0.1) is 0 Å². The Morgan fingerprint density at radius 3 is 2.44 bits per heavy atom. The number of nitro benzene ring substituents is 1. The molecule has 18 heavy (non-hydrogen) atoms. The van der Waals surface area contributed by atoms with E-state index in [1.807, 2.05) is 13.8 Å². The van der Waals surface area contributed by atoms with Gasteiger partial charge in [0.05, 0.1) is 10.5 Å². The van der Waals surface area contributed by atoms with Crippen LogP contribution in [0.2, 0.25) is 0 Å². The molecule has 0 bridgehead atoms. The van der Waals surface area contributed by atoms with Crippen molar-refractivity contribution in [1.29, 1.82) is 0 Å². The second kappa shape index (κ2) is 5.82. The van der Waals surface area contributed by atoms with Crippen LogP contribution in [0.25, 0.3) is 0 Å². The van der Waals surface area contributed by atoms with Crippen molar-refractivity contribution in [3.05, 3.63) is 33.9 Å². The van der Waals surface area contributed by atoms with Crippen LogP contribution in [0.5, 0.6) is 5.75 Å². The summed E-state index contributed by atoms with van der Waals surface area (Å²) in [5.41, 5.74) is -0.215. The SMILES string of the molecule is CCC(O)(CC)COc1ccc([N+](=O)[O-])c(C)c1. The average molecular weight is 253 g/mol. The van der Waals surface area contributed by atoms with E-state index in [1.54, 1.807) is 19.1 Å². The van der Waals surface area contributed by atoms with Crippen molar-refractivity contribution in [3.63, 3.8) is 0 Å². The molecule has 0 atom stereocenters. The number of hydrogen-bond acceptors (Lipinski definition) is 4. The van der Waals surface area contributed by atoms with Gasteiger partial charge in [0.15, 0.2) is 0 Å². The molecule has 0 heterocycles. The molecule has 0 saturated carbocycles. The van der Waals surface area contributed by atoms with E-state index in [-0.39, 0.29) is 12.3 Å². The molecule has 0 spiro atoms. The fourth-order valence-corrected chi connectivity index (χ4v) is 1.59. The highest BCUT2D eigenvalue weighted by Crippen LogP contribution is 2.24. The van der Waals surface area contributed by atoms with Gasteiger partial charge < -0.3 is 9.84 Å². The normalized spacial score (nSPS) is 11.3. The first-order valence-corrected chi connectivity index (χ1v) is 6.02. The van der Waals surface area contributed by atoms with Crippen LogP contribution in [0, 0.1) is 17.0 Å². The summed E-state index contributed by atoms with van der Waals surface area (Å²) < 4.78 is 5.50. The Bertz CT molecular complexity index is 427. The molecule has 0 aliphatic carbocycles. The van der Waals surface area contributed by atoms with Gasteiger partial charge in [0, 0.05) is 11.6 Å². The van der Waals surface area contributed by atoms with Gasteiger partial charge >= 0.3 is 0 Å². The van der Waals surface area contributed by atoms with Crippen LogP contribution in [0.3, 0.4) is 0 Å². The van der Waals surface area contributed by atoms with Gasteiger partial charge in [-0.25, -0.2) is 0 Å². The maximum absolute atomic E-state index is 10.7. The van der Waals surface area contributed by atoms with E-state index in [0.717, 1.165) is 0 Å². The van der Waals surface area contributed by atoms with Crippen LogP contribution in [-0.4, -0.2) is 22.2 Å². The van der Waals surface area contributed by atoms with E-state index in [9.17, 15) is 15.2 Å². The van der Waals surface area contributed by atoms with E-state index < -0.39 is 10.5 Å². The number of aliphatic hydroxyl groups is 1. The lowest BCUT2D eigenvalue weighted by Gasteiger charge is -2.25. The fourth-order valence-electron chi connectivity index (χ4n) is 1.59. The zero-order valence-corrected chi connectivity index (χ0v) is 11.0. The molecule has 0 unspecified atom stereocenters. The summed E-state index contributed by atoms with van der Waals surface area (Å²) in [6, 6.07) is 4.59. The molecule has 5 nitrogen and oxygen atoms in total. The molecular weight excluding hydrogens is 234 g/mol. The second-order valence-corrected chi connectivity index (χ2v) is 4.43. The average Bonchev–Trinajstić information content (AvgIpc) is 2.35. The molecule has 1 aromatic rings. The summed E-state index contributed by atoms with van der Waals surface area (Å²) in [4.78, 5) is 10.2. The molecule has 1 aromatic carbocycles. The molecule has 0 radical (unpaired) electrons. The van der Waals surface area contributed by atoms with Crippen molar-refractivity contribution in [1.82, 2.24) is 0 Å². The van der Waals surface area contributed by atoms with Crippen LogP contribution in [0.4, 0.5) is 5.69 Å². The molecule has 100 valence electrons. The van der Waals surface area contributed by atoms with Gasteiger partial charge in [-0.05, 0) is 31.9 Å². The number of ether oxygens (including phenoxy) is 1. The first kappa shape index (κ1) is 14.4. The Labute approximate surface area is 107 Å². The van der Waals surface area contributed by atoms with E-state index in [0.29, 0.717) is 24.2 Å². The van der Waals surface area contributed by atoms with Crippen molar-refractivity contribution in [2.24, 2.45) is 0 Å². The van der Waals surface area contributed by atoms with E-state index in [2.05, 4.69) is 0 Å². The monoisotopic (exact) mass is 253 g/mol. The lowest BCUT2D eigenvalue weighted by atomic mass is 9.99. The van der Waals surface area contributed by atoms with Crippen molar-refractivity contribution in [3.8, 4) is 5.75 Å². The summed E-state index contributed by atoms with van der Waals surface area (Å²) in [5.74, 6) is 0.540. The number of benzene rings is 1. The molecule has 0 aliphatic heterocycles. The Kier molecular flexibility index (Phi) is 4.67. The van der Waals surface area contributed by atoms with E-state index in [1.165, 1.54) is 6.07 Å². The van der Waals surface area contributed by atoms with Gasteiger partial charge in [-0.2, -0.15) is 0 Å². The first-order valence-electron chi connectivity index (χ1n) is 6.02. The van der Waals surface area contributed by atoms with Gasteiger partial charge in [-0.3, -0.25) is 10.1 Å². The maximum atomic E-state index is 10.7. The zero-order valence-electron chi connectivity index (χ0n) is 11.0. The highest BCUT2D eigenvalue weighted by Gasteiger charge is 2.23. The lowest BCUT2D eigenvalue weighted by Crippen LogP contribution is -2.34. The van der Waals surface area contributed by atoms with Crippen LogP contribution in [0.1, 0.15) is 32.3 Å². The van der Waals surface area contributed by atoms with Crippen molar-refractivity contribution in [2.75, 3.05) is 6.61 Å². The Morgan fingerprint density at radius 1 is 1.39 bits per heavy atom. The smallest absolute Gasteiger partial charge is 0.272 e. The number of aryl methyl sites for hydroxylation is 1. The van der Waals surface area contributed by atoms with E-state index in [4.69, 9.17) is 4.74 Å². The van der Waals surface area contributed by atoms with Crippen LogP contribution >= 0.6 is 0 Å². The minimum atomic E-state index is -0.838. The molecule has 0 amide bonds. The summed E-state index contributed by atoms with van der Waals surface area (Å²) in [5, 5.41) is 20.7. The molecule has 1 N–H and O–H groups in total. The van der Waals surface area contributed by atoms with Gasteiger partial charge in [0.2, 0.25) is 0 Å². The molecule has 0 fully saturated rings. The van der Waals surface area contributed by atoms with Crippen LogP contribution in [-0.2, 0) is 0 Å². The molecule has 0 aliphatic rings. The molecule has 0 saturated heterocycles. The molecule has 1 rings (SSSR count). The largest absolute Gasteiger partial charge is 0.491 e. The summed E-state index contributed by atoms with van der Waals surface area (Å²) in [6.07, 6.45) is 1.21. The first-order chi connectivity index (χ1) is 8.41. The zero-order chi connectivity index (χ0) is 13.8. The Balaban J connectivity index is 2.75. The van der Waals surface area contributed by atoms with Crippen LogP contribution in [0.15, 0.2) is 18.2 Å². The minimum absolute atomic E-state index is 0.0728. The number of nitrogens with zero attached hydrogens (tertiary/aromatic N) is 1. The Morgan fingerprint density at radius 2 is 2.00 bits per heavy atom. The summed E-state index contributed by atoms with van der Waals surface area (Å²) >= 11 is 0. The minimum Gasteiger partial charge on any atom is -0.491 e. The highest BCUT2D eigenvalue weighted by atomic mass is 16.6. The third-order valence-electron chi connectivity index (χ3n) is 3.19. The predicted octanol–water partition coefficient (Wildman–Crippen LogP) is 2.83. The predicted molar refractivity (Wildman–Crippen MR) is 68.9 cm³/mol. The summed E-state index contributed by atoms with van der Waals surface area (Å²) in [6.45, 7) is 5.65. The van der Waals surface area contributed by atoms with E-state index >= 15 is 0 Å². The van der Waals surface area contributed by atoms with Gasteiger partial charge in [-0.1, -0.05) is 13.8 Å². The van der Waals surface area contributed by atoms with Crippen LogP contribution < -0.4 is 4.74 Å². The Hall–Kier alpha value is -1.62. The molecular formula is C13H19NO4. The van der Waals surface area contributed by atoms with Crippen molar-refractivity contribution >= 4 is 5.69 Å². The third-order valence-corrected chi connectivity index (χ3v) is 3.19. The number of hydrogen-bond donors (Lipinski definition) is 1. The van der Waals surface area contributed by atoms with Gasteiger partial charge in [0.1, 0.15) is 12.4 Å². The molecule has 5 heteroatoms. The quantitative estimate of drug-likeness (QED) is 0.625. The lowest BCUT2D eigenvalue weighted by molar-refractivity contribution is -0.385. The maximum Gasteiger partial charge on any atom is 0.272 e. The van der Waals surface area contributed by atoms with Gasteiger partial charge in [0.25, 0.3) is 5.69 Å². The number of nitro groups is 1. The standard InChI is InChI=1S/C13H19NO4/c1-4-13(15,5-2)9-18-11-6-7-12(14(16)17)10(3)8-11/h6-8,15H,4-5,9H2,1-3H3. The van der Waals surface area contributed by atoms with Crippen molar-refractivity contribution in [2.45, 2.75) is 39.2 Å². The topological polar surface area (TPSA) is 72.6 Å². The highest BCUT2D eigenvalue weighted by molar-refractivity contribution is 5.44. The summed E-state index contributed by atoms with van der Waals surface area (Å²) in [7, 11) is 0. The fraction of sp³-hybridized carbons (Fsp3) is 0.538. The third kappa shape index (κ3) is 3.43. The van der Waals surface area contributed by atoms with Crippen molar-refractivity contribution < 1.29 is 14.8 Å². The second-order valence-electron chi connectivity index (χ2n) is 4.43.